The van der Waals surface area contributed by atoms with Gasteiger partial charge in [0.25, 0.3) is 0 Å². The second-order valence-electron chi connectivity index (χ2n) is 8.09. The summed E-state index contributed by atoms with van der Waals surface area (Å²) in [7, 11) is 0. The third-order valence-corrected chi connectivity index (χ3v) is 5.93. The van der Waals surface area contributed by atoms with Gasteiger partial charge in [-0.3, -0.25) is 0 Å². The number of aryl methyl sites for hydroxylation is 1. The molecule has 0 saturated carbocycles. The van der Waals surface area contributed by atoms with Crippen LogP contribution >= 0.6 is 0 Å². The minimum Gasteiger partial charge on any atom is -0.486 e. The molecule has 1 aromatic carbocycles. The second-order valence-corrected chi connectivity index (χ2v) is 8.09. The van der Waals surface area contributed by atoms with Crippen LogP contribution in [-0.2, 0) is 0 Å². The molecule has 0 aliphatic carbocycles. The average Bonchev–Trinajstić information content (AvgIpc) is 3.34. The molecule has 1 N–H and O–H groups in total. The minimum absolute atomic E-state index is 0.104. The summed E-state index contributed by atoms with van der Waals surface area (Å²) in [4.78, 5) is 28.4. The molecule has 0 bridgehead atoms. The maximum atomic E-state index is 12.8. The Labute approximate surface area is 182 Å². The van der Waals surface area contributed by atoms with Gasteiger partial charge in [0.1, 0.15) is 30.7 Å². The van der Waals surface area contributed by atoms with Gasteiger partial charge in [-0.1, -0.05) is 0 Å². The Morgan fingerprint density at radius 2 is 1.52 bits per heavy atom. The van der Waals surface area contributed by atoms with E-state index in [1.54, 1.807) is 0 Å². The molecule has 0 atom stereocenters. The van der Waals surface area contributed by atoms with Gasteiger partial charge >= 0.3 is 6.03 Å². The summed E-state index contributed by atoms with van der Waals surface area (Å²) in [6, 6.07) is 7.46. The van der Waals surface area contributed by atoms with Crippen LogP contribution in [0.15, 0.2) is 24.3 Å². The van der Waals surface area contributed by atoms with Crippen LogP contribution in [0, 0.1) is 6.92 Å². The van der Waals surface area contributed by atoms with E-state index in [2.05, 4.69) is 31.2 Å². The third kappa shape index (κ3) is 4.30. The van der Waals surface area contributed by atoms with E-state index in [0.717, 1.165) is 43.6 Å². The van der Waals surface area contributed by atoms with Gasteiger partial charge in [-0.15, -0.1) is 0 Å². The molecule has 0 spiro atoms. The highest BCUT2D eigenvalue weighted by Gasteiger charge is 2.24. The molecule has 3 aliphatic heterocycles. The number of amides is 2. The van der Waals surface area contributed by atoms with Crippen LogP contribution in [0.3, 0.4) is 0 Å². The Balaban J connectivity index is 1.20. The number of aromatic nitrogens is 2. The first-order valence-electron chi connectivity index (χ1n) is 11.0. The summed E-state index contributed by atoms with van der Waals surface area (Å²) in [6.45, 7) is 7.89. The van der Waals surface area contributed by atoms with Crippen molar-refractivity contribution >= 4 is 23.4 Å². The Bertz CT molecular complexity index is 954. The molecule has 9 nitrogen and oxygen atoms in total. The van der Waals surface area contributed by atoms with Gasteiger partial charge in [0.15, 0.2) is 11.5 Å². The van der Waals surface area contributed by atoms with Gasteiger partial charge in [-0.05, 0) is 31.9 Å². The highest BCUT2D eigenvalue weighted by Crippen LogP contribution is 2.32. The van der Waals surface area contributed by atoms with Crippen molar-refractivity contribution in [1.29, 1.82) is 0 Å². The number of urea groups is 1. The van der Waals surface area contributed by atoms with Gasteiger partial charge < -0.3 is 29.5 Å². The standard InChI is InChI=1S/C22H28N6O3/c1-16-23-20(26-6-2-3-7-26)15-21(24-16)27-8-10-28(11-9-27)22(29)25-17-4-5-18-19(14-17)31-13-12-30-18/h4-5,14-15H,2-3,6-13H2,1H3,(H,25,29). The predicted molar refractivity (Wildman–Crippen MR) is 118 cm³/mol. The van der Waals surface area contributed by atoms with Crippen molar-refractivity contribution in [3.63, 3.8) is 0 Å². The lowest BCUT2D eigenvalue weighted by Gasteiger charge is -2.35. The molecule has 2 amide bonds. The fourth-order valence-corrected chi connectivity index (χ4v) is 4.27. The number of nitrogens with one attached hydrogen (secondary N) is 1. The van der Waals surface area contributed by atoms with E-state index in [1.807, 2.05) is 30.0 Å². The van der Waals surface area contributed by atoms with Crippen LogP contribution in [0.25, 0.3) is 0 Å². The molecule has 2 saturated heterocycles. The van der Waals surface area contributed by atoms with Gasteiger partial charge in [-0.25, -0.2) is 14.8 Å². The van der Waals surface area contributed by atoms with Crippen LogP contribution in [0.1, 0.15) is 18.7 Å². The number of hydrogen-bond donors (Lipinski definition) is 1. The fourth-order valence-electron chi connectivity index (χ4n) is 4.27. The molecule has 31 heavy (non-hydrogen) atoms. The molecule has 9 heteroatoms. The molecular weight excluding hydrogens is 396 g/mol. The topological polar surface area (TPSA) is 83.1 Å². The van der Waals surface area contributed by atoms with E-state index < -0.39 is 0 Å². The van der Waals surface area contributed by atoms with Crippen LogP contribution in [0.5, 0.6) is 11.5 Å². The summed E-state index contributed by atoms with van der Waals surface area (Å²) in [5.41, 5.74) is 0.707. The average molecular weight is 425 g/mol. The van der Waals surface area contributed by atoms with Gasteiger partial charge in [0.2, 0.25) is 0 Å². The molecule has 1 aromatic heterocycles. The molecule has 2 fully saturated rings. The van der Waals surface area contributed by atoms with E-state index in [9.17, 15) is 4.79 Å². The number of ether oxygens (including phenoxy) is 2. The number of carbonyl (C=O) groups is 1. The van der Waals surface area contributed by atoms with Crippen LogP contribution < -0.4 is 24.6 Å². The van der Waals surface area contributed by atoms with Crippen molar-refractivity contribution in [1.82, 2.24) is 14.9 Å². The lowest BCUT2D eigenvalue weighted by molar-refractivity contribution is 0.171. The second kappa shape index (κ2) is 8.49. The molecule has 5 rings (SSSR count). The number of piperazine rings is 1. The number of benzene rings is 1. The summed E-state index contributed by atoms with van der Waals surface area (Å²) < 4.78 is 11.1. The molecule has 3 aliphatic rings. The first-order chi connectivity index (χ1) is 15.2. The van der Waals surface area contributed by atoms with Crippen molar-refractivity contribution in [2.45, 2.75) is 19.8 Å². The largest absolute Gasteiger partial charge is 0.486 e. The Morgan fingerprint density at radius 3 is 2.23 bits per heavy atom. The highest BCUT2D eigenvalue weighted by atomic mass is 16.6. The van der Waals surface area contributed by atoms with Crippen LogP contribution in [0.4, 0.5) is 22.1 Å². The number of hydrogen-bond acceptors (Lipinski definition) is 7. The van der Waals surface area contributed by atoms with E-state index in [-0.39, 0.29) is 6.03 Å². The normalized spacial score (nSPS) is 18.3. The highest BCUT2D eigenvalue weighted by molar-refractivity contribution is 5.90. The van der Waals surface area contributed by atoms with E-state index in [4.69, 9.17) is 9.47 Å². The van der Waals surface area contributed by atoms with Crippen molar-refractivity contribution in [3.05, 3.63) is 30.1 Å². The number of nitrogens with zero attached hydrogens (tertiary/aromatic N) is 5. The number of fused-ring (bicyclic) bond motifs is 1. The molecule has 0 radical (unpaired) electrons. The summed E-state index contributed by atoms with van der Waals surface area (Å²) in [5.74, 6) is 4.13. The zero-order valence-corrected chi connectivity index (χ0v) is 17.8. The Morgan fingerprint density at radius 1 is 0.871 bits per heavy atom. The van der Waals surface area contributed by atoms with E-state index in [1.165, 1.54) is 12.8 Å². The smallest absolute Gasteiger partial charge is 0.321 e. The first-order valence-corrected chi connectivity index (χ1v) is 11.0. The van der Waals surface area contributed by atoms with Gasteiger partial charge in [-0.2, -0.15) is 0 Å². The summed E-state index contributed by atoms with van der Waals surface area (Å²) >= 11 is 0. The molecule has 4 heterocycles. The first kappa shape index (κ1) is 19.7. The maximum Gasteiger partial charge on any atom is 0.321 e. The minimum atomic E-state index is -0.104. The SMILES string of the molecule is Cc1nc(N2CCCC2)cc(N2CCN(C(=O)Nc3ccc4c(c3)OCCO4)CC2)n1. The van der Waals surface area contributed by atoms with Crippen molar-refractivity contribution < 1.29 is 14.3 Å². The monoisotopic (exact) mass is 424 g/mol. The van der Waals surface area contributed by atoms with E-state index >= 15 is 0 Å². The molecular formula is C22H28N6O3. The molecule has 2 aromatic rings. The van der Waals surface area contributed by atoms with Crippen molar-refractivity contribution in [2.75, 3.05) is 67.6 Å². The summed E-state index contributed by atoms with van der Waals surface area (Å²) in [6.07, 6.45) is 2.44. The van der Waals surface area contributed by atoms with Gasteiger partial charge in [0, 0.05) is 57.1 Å². The number of carbonyl (C=O) groups excluding carboxylic acids is 1. The lowest BCUT2D eigenvalue weighted by atomic mass is 10.2. The predicted octanol–water partition coefficient (Wildman–Crippen LogP) is 2.51. The summed E-state index contributed by atoms with van der Waals surface area (Å²) in [5, 5.41) is 2.97. The lowest BCUT2D eigenvalue weighted by Crippen LogP contribution is -2.50. The van der Waals surface area contributed by atoms with Crippen molar-refractivity contribution in [2.24, 2.45) is 0 Å². The van der Waals surface area contributed by atoms with Gasteiger partial charge in [0.05, 0.1) is 0 Å². The number of anilines is 3. The van der Waals surface area contributed by atoms with Crippen LogP contribution in [0.2, 0.25) is 0 Å². The Hall–Kier alpha value is -3.23. The van der Waals surface area contributed by atoms with E-state index in [0.29, 0.717) is 43.5 Å². The van der Waals surface area contributed by atoms with Crippen LogP contribution in [-0.4, -0.2) is 73.4 Å². The maximum absolute atomic E-state index is 12.8. The zero-order valence-electron chi connectivity index (χ0n) is 17.8. The molecule has 0 unspecified atom stereocenters. The third-order valence-electron chi connectivity index (χ3n) is 5.93. The fraction of sp³-hybridized carbons (Fsp3) is 0.500. The zero-order chi connectivity index (χ0) is 21.2. The van der Waals surface area contributed by atoms with Crippen molar-refractivity contribution in [3.8, 4) is 11.5 Å². The Kier molecular flexibility index (Phi) is 5.40. The number of rotatable bonds is 3. The molecule has 164 valence electrons. The quantitative estimate of drug-likeness (QED) is 0.811.